The molecule has 0 atom stereocenters. The van der Waals surface area contributed by atoms with Crippen LogP contribution in [0.25, 0.3) is 11.0 Å². The molecule has 3 fully saturated rings. The zero-order chi connectivity index (χ0) is 20.7. The molecule has 2 heterocycles. The van der Waals surface area contributed by atoms with Crippen molar-refractivity contribution in [2.75, 3.05) is 20.3 Å². The van der Waals surface area contributed by atoms with Crippen molar-refractivity contribution in [3.8, 4) is 0 Å². The number of amides is 1. The summed E-state index contributed by atoms with van der Waals surface area (Å²) in [6, 6.07) is 6.42. The lowest BCUT2D eigenvalue weighted by Crippen LogP contribution is -2.40. The van der Waals surface area contributed by atoms with Crippen LogP contribution in [0.15, 0.2) is 23.0 Å². The average Bonchev–Trinajstić information content (AvgIpc) is 3.58. The summed E-state index contributed by atoms with van der Waals surface area (Å²) < 4.78 is 9.43. The molecule has 0 unspecified atom stereocenters. The first kappa shape index (κ1) is 19.9. The molecular formula is C24H33N3O3. The maximum Gasteiger partial charge on any atom is 0.329 e. The number of nitrogens with zero attached hydrogens (tertiary/aromatic N) is 3. The molecule has 6 heteroatoms. The normalized spacial score (nSPS) is 21.2. The lowest BCUT2D eigenvalue weighted by atomic mass is 9.95. The van der Waals surface area contributed by atoms with E-state index in [1.807, 2.05) is 39.3 Å². The van der Waals surface area contributed by atoms with Crippen molar-refractivity contribution < 1.29 is 9.53 Å². The number of carbonyl (C=O) groups is 1. The van der Waals surface area contributed by atoms with E-state index in [9.17, 15) is 9.59 Å². The number of carbonyl (C=O) groups excluding carboxylic acids is 1. The monoisotopic (exact) mass is 411 g/mol. The second kappa shape index (κ2) is 8.22. The van der Waals surface area contributed by atoms with Gasteiger partial charge in [0.1, 0.15) is 0 Å². The second-order valence-electron chi connectivity index (χ2n) is 9.46. The van der Waals surface area contributed by atoms with E-state index >= 15 is 0 Å². The molecule has 5 rings (SSSR count). The van der Waals surface area contributed by atoms with Crippen molar-refractivity contribution in [1.82, 2.24) is 14.0 Å². The first-order valence-corrected chi connectivity index (χ1v) is 11.7. The van der Waals surface area contributed by atoms with Gasteiger partial charge in [-0.3, -0.25) is 13.9 Å². The van der Waals surface area contributed by atoms with Crippen LogP contribution in [-0.2, 0) is 11.3 Å². The van der Waals surface area contributed by atoms with Crippen LogP contribution in [0, 0.1) is 5.92 Å². The molecule has 0 N–H and O–H groups in total. The first-order chi connectivity index (χ1) is 14.6. The van der Waals surface area contributed by atoms with Crippen molar-refractivity contribution in [2.45, 2.75) is 76.4 Å². The van der Waals surface area contributed by atoms with Crippen molar-refractivity contribution in [1.29, 1.82) is 0 Å². The molecule has 1 amide bonds. The van der Waals surface area contributed by atoms with E-state index in [1.165, 1.54) is 32.1 Å². The topological polar surface area (TPSA) is 56.5 Å². The number of fused-ring (bicyclic) bond motifs is 1. The molecule has 0 bridgehead atoms. The van der Waals surface area contributed by atoms with Gasteiger partial charge in [0.05, 0.1) is 11.0 Å². The molecule has 1 aromatic carbocycles. The number of aromatic nitrogens is 2. The Hall–Kier alpha value is -2.08. The third kappa shape index (κ3) is 3.70. The van der Waals surface area contributed by atoms with Gasteiger partial charge in [-0.1, -0.05) is 19.3 Å². The van der Waals surface area contributed by atoms with Crippen LogP contribution >= 0.6 is 0 Å². The molecule has 3 aliphatic rings. The Kier molecular flexibility index (Phi) is 5.44. The summed E-state index contributed by atoms with van der Waals surface area (Å²) in [4.78, 5) is 28.5. The second-order valence-corrected chi connectivity index (χ2v) is 9.46. The van der Waals surface area contributed by atoms with Crippen molar-refractivity contribution in [3.05, 3.63) is 34.2 Å². The minimum absolute atomic E-state index is 0.0413. The third-order valence-electron chi connectivity index (χ3n) is 7.35. The Morgan fingerprint density at radius 2 is 1.77 bits per heavy atom. The van der Waals surface area contributed by atoms with Gasteiger partial charge in [-0.2, -0.15) is 0 Å². The first-order valence-electron chi connectivity index (χ1n) is 11.7. The predicted molar refractivity (Wildman–Crippen MR) is 117 cm³/mol. The van der Waals surface area contributed by atoms with E-state index in [1.54, 1.807) is 0 Å². The summed E-state index contributed by atoms with van der Waals surface area (Å²) in [6.45, 7) is 2.21. The molecule has 1 aromatic heterocycles. The van der Waals surface area contributed by atoms with E-state index in [-0.39, 0.29) is 17.6 Å². The van der Waals surface area contributed by atoms with Crippen LogP contribution in [0.2, 0.25) is 0 Å². The standard InChI is InChI=1S/C24H33N3O3/c1-25(19-11-13-30-14-12-19)23(28)18-9-10-21-22(15-18)26(16-17-7-8-17)24(29)27(21)20-5-3-2-4-6-20/h9-10,15,17,19-20H,2-8,11-14,16H2,1H3. The summed E-state index contributed by atoms with van der Waals surface area (Å²) in [6.07, 6.45) is 9.98. The van der Waals surface area contributed by atoms with Crippen LogP contribution in [0.5, 0.6) is 0 Å². The molecule has 30 heavy (non-hydrogen) atoms. The van der Waals surface area contributed by atoms with E-state index < -0.39 is 0 Å². The number of hydrogen-bond donors (Lipinski definition) is 0. The molecule has 1 saturated heterocycles. The van der Waals surface area contributed by atoms with Gasteiger partial charge >= 0.3 is 5.69 Å². The average molecular weight is 412 g/mol. The van der Waals surface area contributed by atoms with Crippen LogP contribution in [0.3, 0.4) is 0 Å². The molecule has 2 saturated carbocycles. The van der Waals surface area contributed by atoms with Crippen molar-refractivity contribution >= 4 is 16.9 Å². The molecule has 0 radical (unpaired) electrons. The maximum atomic E-state index is 13.4. The van der Waals surface area contributed by atoms with Gasteiger partial charge in [0.25, 0.3) is 5.91 Å². The Labute approximate surface area is 177 Å². The van der Waals surface area contributed by atoms with E-state index in [0.29, 0.717) is 30.7 Å². The van der Waals surface area contributed by atoms with Gasteiger partial charge in [-0.25, -0.2) is 4.79 Å². The zero-order valence-corrected chi connectivity index (χ0v) is 18.0. The highest BCUT2D eigenvalue weighted by molar-refractivity contribution is 5.97. The molecule has 162 valence electrons. The van der Waals surface area contributed by atoms with Crippen molar-refractivity contribution in [2.24, 2.45) is 5.92 Å². The smallest absolute Gasteiger partial charge is 0.329 e. The van der Waals surface area contributed by atoms with Crippen LogP contribution < -0.4 is 5.69 Å². The van der Waals surface area contributed by atoms with Gasteiger partial charge in [-0.15, -0.1) is 0 Å². The largest absolute Gasteiger partial charge is 0.381 e. The number of imidazole rings is 1. The Morgan fingerprint density at radius 3 is 2.47 bits per heavy atom. The summed E-state index contributed by atoms with van der Waals surface area (Å²) in [5.74, 6) is 0.650. The fourth-order valence-corrected chi connectivity index (χ4v) is 5.28. The Balaban J connectivity index is 1.52. The predicted octanol–water partition coefficient (Wildman–Crippen LogP) is 3.97. The van der Waals surface area contributed by atoms with E-state index in [2.05, 4.69) is 0 Å². The lowest BCUT2D eigenvalue weighted by molar-refractivity contribution is 0.0362. The quantitative estimate of drug-likeness (QED) is 0.748. The molecule has 0 spiro atoms. The fraction of sp³-hybridized carbons (Fsp3) is 0.667. The van der Waals surface area contributed by atoms with E-state index in [4.69, 9.17) is 4.74 Å². The van der Waals surface area contributed by atoms with Crippen LogP contribution in [0.1, 0.15) is 74.2 Å². The summed E-state index contributed by atoms with van der Waals surface area (Å²) in [5, 5.41) is 0. The molecule has 1 aliphatic heterocycles. The number of hydrogen-bond acceptors (Lipinski definition) is 3. The highest BCUT2D eigenvalue weighted by atomic mass is 16.5. The van der Waals surface area contributed by atoms with Gasteiger partial charge in [0.2, 0.25) is 0 Å². The highest BCUT2D eigenvalue weighted by Crippen LogP contribution is 2.34. The van der Waals surface area contributed by atoms with Crippen LogP contribution in [-0.4, -0.2) is 46.2 Å². The van der Waals surface area contributed by atoms with Gasteiger partial charge in [-0.05, 0) is 62.6 Å². The molecular weight excluding hydrogens is 378 g/mol. The van der Waals surface area contributed by atoms with Crippen LogP contribution in [0.4, 0.5) is 0 Å². The Morgan fingerprint density at radius 1 is 1.03 bits per heavy atom. The number of benzene rings is 1. The summed E-state index contributed by atoms with van der Waals surface area (Å²) in [7, 11) is 1.90. The van der Waals surface area contributed by atoms with Gasteiger partial charge in [0.15, 0.2) is 0 Å². The molecule has 2 aliphatic carbocycles. The minimum Gasteiger partial charge on any atom is -0.381 e. The molecule has 2 aromatic rings. The van der Waals surface area contributed by atoms with Crippen molar-refractivity contribution in [3.63, 3.8) is 0 Å². The SMILES string of the molecule is CN(C(=O)c1ccc2c(c1)n(CC1CC1)c(=O)n2C1CCCCC1)C1CCOCC1. The fourth-order valence-electron chi connectivity index (χ4n) is 5.28. The van der Waals surface area contributed by atoms with E-state index in [0.717, 1.165) is 43.3 Å². The maximum absolute atomic E-state index is 13.4. The Bertz CT molecular complexity index is 975. The van der Waals surface area contributed by atoms with Gasteiger partial charge in [0, 0.05) is 44.5 Å². The number of ether oxygens (including phenoxy) is 1. The number of rotatable bonds is 5. The zero-order valence-electron chi connectivity index (χ0n) is 18.0. The van der Waals surface area contributed by atoms with Gasteiger partial charge < -0.3 is 9.64 Å². The highest BCUT2D eigenvalue weighted by Gasteiger charge is 2.29. The summed E-state index contributed by atoms with van der Waals surface area (Å²) >= 11 is 0. The summed E-state index contributed by atoms with van der Waals surface area (Å²) in [5.41, 5.74) is 2.73. The lowest BCUT2D eigenvalue weighted by Gasteiger charge is -2.31. The third-order valence-corrected chi connectivity index (χ3v) is 7.35. The molecule has 6 nitrogen and oxygen atoms in total. The minimum atomic E-state index is 0.0413.